The predicted molar refractivity (Wildman–Crippen MR) is 98.6 cm³/mol. The van der Waals surface area contributed by atoms with E-state index in [0.717, 1.165) is 4.90 Å². The first-order valence-electron chi connectivity index (χ1n) is 8.16. The summed E-state index contributed by atoms with van der Waals surface area (Å²) >= 11 is 7.37. The number of hydrogen-bond donors (Lipinski definition) is 2. The van der Waals surface area contributed by atoms with Gasteiger partial charge in [0, 0.05) is 25.3 Å². The van der Waals surface area contributed by atoms with Crippen molar-refractivity contribution in [1.29, 1.82) is 0 Å². The van der Waals surface area contributed by atoms with Crippen molar-refractivity contribution in [3.8, 4) is 0 Å². The van der Waals surface area contributed by atoms with Crippen LogP contribution in [0.4, 0.5) is 0 Å². The zero-order valence-electron chi connectivity index (χ0n) is 15.2. The van der Waals surface area contributed by atoms with E-state index in [-0.39, 0.29) is 28.8 Å². The fourth-order valence-electron chi connectivity index (χ4n) is 2.92. The van der Waals surface area contributed by atoms with Crippen LogP contribution >= 0.6 is 23.4 Å². The van der Waals surface area contributed by atoms with Crippen LogP contribution in [0.3, 0.4) is 0 Å². The van der Waals surface area contributed by atoms with Gasteiger partial charge in [-0.25, -0.2) is 4.79 Å². The van der Waals surface area contributed by atoms with E-state index < -0.39 is 35.2 Å². The van der Waals surface area contributed by atoms with E-state index in [0.29, 0.717) is 11.3 Å². The number of thioether (sulfide) groups is 1. The predicted octanol–water partition coefficient (Wildman–Crippen LogP) is 0.297. The van der Waals surface area contributed by atoms with Gasteiger partial charge in [-0.05, 0) is 6.92 Å². The molecule has 1 aromatic rings. The van der Waals surface area contributed by atoms with Crippen LogP contribution in [-0.2, 0) is 26.2 Å². The van der Waals surface area contributed by atoms with E-state index in [1.54, 1.807) is 14.0 Å². The molecule has 1 fully saturated rings. The second kappa shape index (κ2) is 7.47. The number of hydrogen-bond acceptors (Lipinski definition) is 7. The lowest BCUT2D eigenvalue weighted by Gasteiger charge is -2.49. The zero-order chi connectivity index (χ0) is 20.7. The highest BCUT2D eigenvalue weighted by molar-refractivity contribution is 8.00. The molecule has 1 saturated heterocycles. The molecule has 2 amide bonds. The van der Waals surface area contributed by atoms with Crippen molar-refractivity contribution in [2.24, 2.45) is 7.05 Å². The highest BCUT2D eigenvalue weighted by atomic mass is 35.5. The number of aryl methyl sites for hydroxylation is 1. The molecule has 2 atom stereocenters. The quantitative estimate of drug-likeness (QED) is 0.505. The molecule has 0 aromatic carbocycles. The zero-order valence-corrected chi connectivity index (χ0v) is 16.8. The number of amides is 2. The van der Waals surface area contributed by atoms with Gasteiger partial charge < -0.3 is 15.2 Å². The van der Waals surface area contributed by atoms with Crippen molar-refractivity contribution in [1.82, 2.24) is 20.0 Å². The number of nitrogens with zero attached hydrogens (tertiary/aromatic N) is 3. The lowest BCUT2D eigenvalue weighted by molar-refractivity contribution is -0.149. The smallest absolute Gasteiger partial charge is 0.352 e. The van der Waals surface area contributed by atoms with E-state index >= 15 is 0 Å². The Balaban J connectivity index is 1.78. The van der Waals surface area contributed by atoms with E-state index in [4.69, 9.17) is 16.3 Å². The van der Waals surface area contributed by atoms with Crippen LogP contribution in [0.2, 0.25) is 5.02 Å². The Morgan fingerprint density at radius 3 is 2.64 bits per heavy atom. The maximum Gasteiger partial charge on any atom is 0.352 e. The first-order chi connectivity index (χ1) is 13.1. The third-order valence-electron chi connectivity index (χ3n) is 4.46. The molecule has 1 aromatic heterocycles. The molecule has 2 aliphatic rings. The van der Waals surface area contributed by atoms with Gasteiger partial charge in [-0.3, -0.25) is 24.0 Å². The number of nitrogens with one attached hydrogen (secondary N) is 1. The Labute approximate surface area is 168 Å². The van der Waals surface area contributed by atoms with Gasteiger partial charge >= 0.3 is 11.9 Å². The number of aliphatic carboxylic acids is 1. The van der Waals surface area contributed by atoms with Crippen molar-refractivity contribution in [2.75, 3.05) is 12.4 Å². The van der Waals surface area contributed by atoms with Crippen LogP contribution in [-0.4, -0.2) is 67.3 Å². The SMILES string of the molecule is CC(=O)OCC1=C(C(=O)O)N2C(=O)[C@@H](NC(=O)c3nn(C)c(C)c3Cl)[C@H]2SC1. The lowest BCUT2D eigenvalue weighted by Crippen LogP contribution is -2.70. The standard InChI is InChI=1S/C16H17ClN4O6S/c1-6-9(17)10(19-20(6)3)13(23)18-11-14(24)21-12(16(25)26)8(4-27-7(2)22)5-28-15(11)21/h11,15H,4-5H2,1-3H3,(H,18,23)(H,25,26)/t11-,15-/m1/s1. The summed E-state index contributed by atoms with van der Waals surface area (Å²) in [6.45, 7) is 2.71. The summed E-state index contributed by atoms with van der Waals surface area (Å²) in [6.07, 6.45) is 0. The van der Waals surface area contributed by atoms with Crippen LogP contribution in [0.25, 0.3) is 0 Å². The van der Waals surface area contributed by atoms with Crippen molar-refractivity contribution >= 4 is 47.1 Å². The molecule has 3 heterocycles. The number of carbonyl (C=O) groups excluding carboxylic acids is 3. The molecule has 2 aliphatic heterocycles. The Hall–Kier alpha value is -2.53. The van der Waals surface area contributed by atoms with E-state index in [1.807, 2.05) is 0 Å². The Kier molecular flexibility index (Phi) is 5.39. The average Bonchev–Trinajstić information content (AvgIpc) is 2.90. The molecular formula is C16H17ClN4O6S. The summed E-state index contributed by atoms with van der Waals surface area (Å²) in [4.78, 5) is 48.8. The third-order valence-corrected chi connectivity index (χ3v) is 6.25. The Morgan fingerprint density at radius 1 is 1.43 bits per heavy atom. The second-order valence-corrected chi connectivity index (χ2v) is 7.75. The molecule has 0 spiro atoms. The Morgan fingerprint density at radius 2 is 2.11 bits per heavy atom. The van der Waals surface area contributed by atoms with Gasteiger partial charge in [-0.15, -0.1) is 11.8 Å². The summed E-state index contributed by atoms with van der Waals surface area (Å²) in [6, 6.07) is -0.902. The molecular weight excluding hydrogens is 412 g/mol. The molecule has 0 bridgehead atoms. The maximum absolute atomic E-state index is 12.6. The van der Waals surface area contributed by atoms with Gasteiger partial charge in [0.1, 0.15) is 23.7 Å². The summed E-state index contributed by atoms with van der Waals surface area (Å²) in [7, 11) is 1.64. The number of halogens is 1. The molecule has 12 heteroatoms. The topological polar surface area (TPSA) is 131 Å². The fourth-order valence-corrected chi connectivity index (χ4v) is 4.49. The fraction of sp³-hybridized carbons (Fsp3) is 0.438. The molecule has 0 unspecified atom stereocenters. The van der Waals surface area contributed by atoms with E-state index in [9.17, 15) is 24.3 Å². The highest BCUT2D eigenvalue weighted by Crippen LogP contribution is 2.40. The largest absolute Gasteiger partial charge is 0.477 e. The highest BCUT2D eigenvalue weighted by Gasteiger charge is 2.54. The number of β-lactam (4-membered cyclic amide) rings is 1. The maximum atomic E-state index is 12.6. The molecule has 3 rings (SSSR count). The van der Waals surface area contributed by atoms with Crippen LogP contribution in [0.1, 0.15) is 23.1 Å². The van der Waals surface area contributed by atoms with Crippen LogP contribution < -0.4 is 5.32 Å². The number of rotatable bonds is 5. The minimum Gasteiger partial charge on any atom is -0.477 e. The normalized spacial score (nSPS) is 21.1. The van der Waals surface area contributed by atoms with Crippen LogP contribution in [0.5, 0.6) is 0 Å². The number of carboxylic acid groups (broad SMARTS) is 1. The molecule has 0 aliphatic carbocycles. The molecule has 28 heavy (non-hydrogen) atoms. The third kappa shape index (κ3) is 3.35. The monoisotopic (exact) mass is 428 g/mol. The molecule has 2 N–H and O–H groups in total. The summed E-state index contributed by atoms with van der Waals surface area (Å²) in [5.74, 6) is -2.77. The van der Waals surface area contributed by atoms with Crippen LogP contribution in [0.15, 0.2) is 11.3 Å². The first-order valence-corrected chi connectivity index (χ1v) is 9.59. The number of carbonyl (C=O) groups is 4. The van der Waals surface area contributed by atoms with Crippen molar-refractivity contribution in [3.63, 3.8) is 0 Å². The van der Waals surface area contributed by atoms with Gasteiger partial charge in [-0.1, -0.05) is 11.6 Å². The molecule has 0 saturated carbocycles. The number of aromatic nitrogens is 2. The number of carboxylic acids is 1. The Bertz CT molecular complexity index is 926. The molecule has 150 valence electrons. The van der Waals surface area contributed by atoms with Gasteiger partial charge in [0.25, 0.3) is 11.8 Å². The van der Waals surface area contributed by atoms with Crippen molar-refractivity contribution in [3.05, 3.63) is 27.7 Å². The van der Waals surface area contributed by atoms with Gasteiger partial charge in [0.2, 0.25) is 0 Å². The molecule has 0 radical (unpaired) electrons. The van der Waals surface area contributed by atoms with Crippen molar-refractivity contribution < 1.29 is 29.0 Å². The lowest BCUT2D eigenvalue weighted by atomic mass is 10.0. The van der Waals surface area contributed by atoms with E-state index in [2.05, 4.69) is 10.4 Å². The number of ether oxygens (including phenoxy) is 1. The average molecular weight is 429 g/mol. The van der Waals surface area contributed by atoms with E-state index in [1.165, 1.54) is 23.4 Å². The minimum absolute atomic E-state index is 0.00160. The number of fused-ring (bicyclic) bond motifs is 1. The number of esters is 1. The summed E-state index contributed by atoms with van der Waals surface area (Å²) in [5, 5.41) is 15.7. The summed E-state index contributed by atoms with van der Waals surface area (Å²) in [5.41, 5.74) is 0.711. The first kappa shape index (κ1) is 20.2. The van der Waals surface area contributed by atoms with Crippen molar-refractivity contribution in [2.45, 2.75) is 25.3 Å². The minimum atomic E-state index is -1.30. The van der Waals surface area contributed by atoms with Crippen LogP contribution in [0, 0.1) is 6.92 Å². The van der Waals surface area contributed by atoms with Gasteiger partial charge in [0.05, 0.1) is 10.7 Å². The summed E-state index contributed by atoms with van der Waals surface area (Å²) < 4.78 is 6.33. The molecule has 10 nitrogen and oxygen atoms in total. The van der Waals surface area contributed by atoms with Gasteiger partial charge in [0.15, 0.2) is 5.69 Å². The second-order valence-electron chi connectivity index (χ2n) is 6.27. The van der Waals surface area contributed by atoms with Gasteiger partial charge in [-0.2, -0.15) is 5.10 Å².